The first-order chi connectivity index (χ1) is 8.58. The van der Waals surface area contributed by atoms with Gasteiger partial charge < -0.3 is 9.64 Å². The molecule has 5 heteroatoms. The van der Waals surface area contributed by atoms with Crippen molar-refractivity contribution in [3.63, 3.8) is 0 Å². The summed E-state index contributed by atoms with van der Waals surface area (Å²) in [6.07, 6.45) is -0.477. The fraction of sp³-hybridized carbons (Fsp3) is 0.385. The van der Waals surface area contributed by atoms with E-state index < -0.39 is 6.09 Å². The molecule has 0 aliphatic heterocycles. The third-order valence-corrected chi connectivity index (χ3v) is 2.73. The van der Waals surface area contributed by atoms with E-state index in [2.05, 4.69) is 0 Å². The van der Waals surface area contributed by atoms with Crippen LogP contribution >= 0.6 is 11.6 Å². The first kappa shape index (κ1) is 14.5. The molecule has 0 unspecified atom stereocenters. The second-order valence-electron chi connectivity index (χ2n) is 3.66. The summed E-state index contributed by atoms with van der Waals surface area (Å²) in [5, 5.41) is 0.482. The zero-order valence-electron chi connectivity index (χ0n) is 10.5. The van der Waals surface area contributed by atoms with Gasteiger partial charge in [0.25, 0.3) is 0 Å². The summed E-state index contributed by atoms with van der Waals surface area (Å²) in [5.74, 6) is -0.266. The minimum atomic E-state index is -0.477. The maximum atomic E-state index is 11.7. The maximum Gasteiger partial charge on any atom is 0.410 e. The van der Waals surface area contributed by atoms with Crippen molar-refractivity contribution in [1.29, 1.82) is 0 Å². The quantitative estimate of drug-likeness (QED) is 0.772. The van der Waals surface area contributed by atoms with Crippen molar-refractivity contribution < 1.29 is 14.3 Å². The Kier molecular flexibility index (Phi) is 5.65. The van der Waals surface area contributed by atoms with Crippen LogP contribution in [0.4, 0.5) is 4.79 Å². The maximum absolute atomic E-state index is 11.7. The summed E-state index contributed by atoms with van der Waals surface area (Å²) in [6, 6.07) is 6.55. The monoisotopic (exact) mass is 269 g/mol. The Bertz CT molecular complexity index is 430. The molecule has 0 heterocycles. The summed E-state index contributed by atoms with van der Waals surface area (Å²) >= 11 is 5.78. The van der Waals surface area contributed by atoms with E-state index in [0.717, 1.165) is 0 Å². The van der Waals surface area contributed by atoms with Gasteiger partial charge in [0.1, 0.15) is 0 Å². The van der Waals surface area contributed by atoms with E-state index >= 15 is 0 Å². The first-order valence-corrected chi connectivity index (χ1v) is 6.16. The predicted octanol–water partition coefficient (Wildman–Crippen LogP) is 3.00. The number of nitrogens with zero attached hydrogens (tertiary/aromatic N) is 1. The standard InChI is InChI=1S/C13H16ClNO3/c1-3-15(4-2)13(17)18-9-12(16)10-6-5-7-11(14)8-10/h5-8H,3-4,9H2,1-2H3. The highest BCUT2D eigenvalue weighted by Gasteiger charge is 2.14. The van der Waals surface area contributed by atoms with Crippen molar-refractivity contribution in [2.24, 2.45) is 0 Å². The van der Waals surface area contributed by atoms with Gasteiger partial charge in [0.05, 0.1) is 0 Å². The number of hydrogen-bond donors (Lipinski definition) is 0. The third kappa shape index (κ3) is 4.04. The van der Waals surface area contributed by atoms with Crippen LogP contribution in [0.2, 0.25) is 5.02 Å². The van der Waals surface area contributed by atoms with Gasteiger partial charge in [0, 0.05) is 23.7 Å². The number of halogens is 1. The zero-order chi connectivity index (χ0) is 13.5. The Labute approximate surface area is 111 Å². The topological polar surface area (TPSA) is 46.6 Å². The summed E-state index contributed by atoms with van der Waals surface area (Å²) in [7, 11) is 0. The van der Waals surface area contributed by atoms with Crippen molar-refractivity contribution in [1.82, 2.24) is 4.90 Å². The lowest BCUT2D eigenvalue weighted by molar-refractivity contribution is 0.0762. The molecule has 98 valence electrons. The van der Waals surface area contributed by atoms with Gasteiger partial charge in [-0.2, -0.15) is 0 Å². The molecule has 0 spiro atoms. The molecule has 0 saturated heterocycles. The van der Waals surface area contributed by atoms with Gasteiger partial charge in [-0.1, -0.05) is 23.7 Å². The normalized spacial score (nSPS) is 9.94. The highest BCUT2D eigenvalue weighted by atomic mass is 35.5. The van der Waals surface area contributed by atoms with Gasteiger partial charge in [-0.05, 0) is 26.0 Å². The number of hydrogen-bond acceptors (Lipinski definition) is 3. The van der Waals surface area contributed by atoms with E-state index in [4.69, 9.17) is 16.3 Å². The molecule has 1 aromatic rings. The molecule has 0 N–H and O–H groups in total. The van der Waals surface area contributed by atoms with Gasteiger partial charge in [0.2, 0.25) is 0 Å². The van der Waals surface area contributed by atoms with Crippen molar-refractivity contribution in [2.75, 3.05) is 19.7 Å². The molecule has 0 saturated carbocycles. The van der Waals surface area contributed by atoms with Crippen LogP contribution in [-0.4, -0.2) is 36.5 Å². The molecule has 1 rings (SSSR count). The average Bonchev–Trinajstić information content (AvgIpc) is 2.37. The van der Waals surface area contributed by atoms with Gasteiger partial charge in [-0.15, -0.1) is 0 Å². The largest absolute Gasteiger partial charge is 0.441 e. The minimum absolute atomic E-state index is 0.266. The molecule has 0 radical (unpaired) electrons. The van der Waals surface area contributed by atoms with Gasteiger partial charge in [0.15, 0.2) is 12.4 Å². The van der Waals surface area contributed by atoms with E-state index in [1.165, 1.54) is 4.90 Å². The minimum Gasteiger partial charge on any atom is -0.441 e. The summed E-state index contributed by atoms with van der Waals surface area (Å²) < 4.78 is 4.94. The highest BCUT2D eigenvalue weighted by Crippen LogP contribution is 2.11. The number of benzene rings is 1. The molecule has 4 nitrogen and oxygen atoms in total. The summed E-state index contributed by atoms with van der Waals surface area (Å²) in [6.45, 7) is 4.55. The van der Waals surface area contributed by atoms with E-state index in [1.807, 2.05) is 13.8 Å². The Hall–Kier alpha value is -1.55. The molecule has 0 aliphatic carbocycles. The van der Waals surface area contributed by atoms with Crippen molar-refractivity contribution in [2.45, 2.75) is 13.8 Å². The Morgan fingerprint density at radius 1 is 1.28 bits per heavy atom. The second kappa shape index (κ2) is 7.01. The van der Waals surface area contributed by atoms with Crippen molar-refractivity contribution in [3.05, 3.63) is 34.9 Å². The Morgan fingerprint density at radius 2 is 1.94 bits per heavy atom. The lowest BCUT2D eigenvalue weighted by atomic mass is 10.1. The molecule has 1 aromatic carbocycles. The van der Waals surface area contributed by atoms with Gasteiger partial charge in [-0.3, -0.25) is 4.79 Å². The lowest BCUT2D eigenvalue weighted by Crippen LogP contribution is -2.32. The highest BCUT2D eigenvalue weighted by molar-refractivity contribution is 6.31. The third-order valence-electron chi connectivity index (χ3n) is 2.49. The smallest absolute Gasteiger partial charge is 0.410 e. The number of carbonyl (C=O) groups excluding carboxylic acids is 2. The van der Waals surface area contributed by atoms with Gasteiger partial charge in [-0.25, -0.2) is 4.79 Å². The van der Waals surface area contributed by atoms with Gasteiger partial charge >= 0.3 is 6.09 Å². The molecule has 0 aromatic heterocycles. The van der Waals surface area contributed by atoms with E-state index in [9.17, 15) is 9.59 Å². The fourth-order valence-electron chi connectivity index (χ4n) is 1.45. The number of rotatable bonds is 5. The van der Waals surface area contributed by atoms with Crippen LogP contribution in [0.25, 0.3) is 0 Å². The summed E-state index contributed by atoms with van der Waals surface area (Å²) in [4.78, 5) is 24.8. The van der Waals surface area contributed by atoms with E-state index in [-0.39, 0.29) is 12.4 Å². The molecule has 18 heavy (non-hydrogen) atoms. The van der Waals surface area contributed by atoms with Crippen LogP contribution in [0.3, 0.4) is 0 Å². The SMILES string of the molecule is CCN(CC)C(=O)OCC(=O)c1cccc(Cl)c1. The number of ether oxygens (including phenoxy) is 1. The number of ketones is 1. The molecule has 0 bridgehead atoms. The number of amides is 1. The molecule has 0 fully saturated rings. The number of Topliss-reactive ketones (excluding diaryl/α,β-unsaturated/α-hetero) is 1. The lowest BCUT2D eigenvalue weighted by Gasteiger charge is -2.17. The van der Waals surface area contributed by atoms with E-state index in [1.54, 1.807) is 24.3 Å². The van der Waals surface area contributed by atoms with E-state index in [0.29, 0.717) is 23.7 Å². The van der Waals surface area contributed by atoms with Crippen LogP contribution in [0.5, 0.6) is 0 Å². The summed E-state index contributed by atoms with van der Waals surface area (Å²) in [5.41, 5.74) is 0.440. The zero-order valence-corrected chi connectivity index (χ0v) is 11.2. The molecule has 0 aliphatic rings. The van der Waals surface area contributed by atoms with Crippen LogP contribution < -0.4 is 0 Å². The second-order valence-corrected chi connectivity index (χ2v) is 4.10. The fourth-order valence-corrected chi connectivity index (χ4v) is 1.64. The van der Waals surface area contributed by atoms with Crippen LogP contribution in [0, 0.1) is 0 Å². The Balaban J connectivity index is 2.54. The molecule has 1 amide bonds. The first-order valence-electron chi connectivity index (χ1n) is 5.79. The number of carbonyl (C=O) groups is 2. The van der Waals surface area contributed by atoms with Crippen molar-refractivity contribution >= 4 is 23.5 Å². The van der Waals surface area contributed by atoms with Crippen molar-refractivity contribution in [3.8, 4) is 0 Å². The Morgan fingerprint density at radius 3 is 2.50 bits per heavy atom. The van der Waals surface area contributed by atoms with Crippen LogP contribution in [-0.2, 0) is 4.74 Å². The molecular formula is C13H16ClNO3. The van der Waals surface area contributed by atoms with Crippen LogP contribution in [0.15, 0.2) is 24.3 Å². The van der Waals surface area contributed by atoms with Crippen LogP contribution in [0.1, 0.15) is 24.2 Å². The average molecular weight is 270 g/mol. The molecular weight excluding hydrogens is 254 g/mol. The molecule has 0 atom stereocenters. The predicted molar refractivity (Wildman–Crippen MR) is 70.1 cm³/mol.